The third-order valence-corrected chi connectivity index (χ3v) is 6.29. The molecule has 0 unspecified atom stereocenters. The molecular formula is C23H20F5NOS. The minimum atomic E-state index is -4.48. The maximum atomic E-state index is 13.8. The van der Waals surface area contributed by atoms with Crippen LogP contribution in [0, 0.1) is 11.6 Å². The second kappa shape index (κ2) is 9.18. The summed E-state index contributed by atoms with van der Waals surface area (Å²) in [5.74, 6) is -3.08. The fourth-order valence-corrected chi connectivity index (χ4v) is 4.83. The van der Waals surface area contributed by atoms with Crippen molar-refractivity contribution in [2.75, 3.05) is 0 Å². The number of thiophene rings is 1. The van der Waals surface area contributed by atoms with Crippen LogP contribution in [0.1, 0.15) is 51.0 Å². The minimum absolute atomic E-state index is 0.00958. The van der Waals surface area contributed by atoms with E-state index in [0.29, 0.717) is 24.0 Å². The van der Waals surface area contributed by atoms with Crippen molar-refractivity contribution in [2.24, 2.45) is 0 Å². The zero-order chi connectivity index (χ0) is 22.8. The molecule has 0 spiro atoms. The molecule has 1 N–H and O–H groups in total. The van der Waals surface area contributed by atoms with Gasteiger partial charge in [0.15, 0.2) is 0 Å². The second-order valence-electron chi connectivity index (χ2n) is 7.07. The van der Waals surface area contributed by atoms with Crippen LogP contribution in [0.4, 0.5) is 22.0 Å². The van der Waals surface area contributed by atoms with E-state index in [1.807, 2.05) is 0 Å². The molecule has 1 aromatic carbocycles. The Hall–Kier alpha value is -2.74. The Morgan fingerprint density at radius 2 is 1.74 bits per heavy atom. The van der Waals surface area contributed by atoms with Crippen LogP contribution in [-0.2, 0) is 19.0 Å². The normalized spacial score (nSPS) is 14.6. The molecule has 0 radical (unpaired) electrons. The van der Waals surface area contributed by atoms with Gasteiger partial charge in [0.2, 0.25) is 0 Å². The Morgan fingerprint density at radius 3 is 2.35 bits per heavy atom. The highest BCUT2D eigenvalue weighted by molar-refractivity contribution is 7.12. The molecule has 31 heavy (non-hydrogen) atoms. The molecule has 0 bridgehead atoms. The highest BCUT2D eigenvalue weighted by Gasteiger charge is 2.39. The molecule has 1 aliphatic rings. The zero-order valence-electron chi connectivity index (χ0n) is 16.7. The maximum Gasteiger partial charge on any atom is 0.426 e. The summed E-state index contributed by atoms with van der Waals surface area (Å²) >= 11 is 0.783. The average molecular weight is 453 g/mol. The quantitative estimate of drug-likeness (QED) is 0.390. The largest absolute Gasteiger partial charge is 0.426 e. The molecule has 1 aliphatic carbocycles. The second-order valence-corrected chi connectivity index (χ2v) is 8.17. The number of carbonyl (C=O) groups excluding carboxylic acids is 1. The number of halogens is 5. The summed E-state index contributed by atoms with van der Waals surface area (Å²) < 4.78 is 68.6. The van der Waals surface area contributed by atoms with E-state index < -0.39 is 34.2 Å². The van der Waals surface area contributed by atoms with Gasteiger partial charge in [-0.25, -0.2) is 8.78 Å². The Bertz CT molecular complexity index is 1060. The van der Waals surface area contributed by atoms with Gasteiger partial charge in [-0.2, -0.15) is 13.2 Å². The molecule has 2 aromatic rings. The number of amides is 1. The van der Waals surface area contributed by atoms with Gasteiger partial charge in [-0.15, -0.1) is 11.3 Å². The molecule has 0 fully saturated rings. The van der Waals surface area contributed by atoms with Crippen molar-refractivity contribution in [3.8, 4) is 0 Å². The molecule has 0 saturated carbocycles. The zero-order valence-corrected chi connectivity index (χ0v) is 17.5. The SMILES string of the molecule is C=C(/C=C\C(=C/C)c1c(C(F)(F)F)sc2c1CCCC2)NC(=O)c1c(F)cccc1F. The number of alkyl halides is 3. The monoisotopic (exact) mass is 453 g/mol. The predicted molar refractivity (Wildman–Crippen MR) is 112 cm³/mol. The van der Waals surface area contributed by atoms with Crippen molar-refractivity contribution in [3.05, 3.63) is 86.8 Å². The number of nitrogens with one attached hydrogen (secondary N) is 1. The van der Waals surface area contributed by atoms with E-state index in [2.05, 4.69) is 11.9 Å². The van der Waals surface area contributed by atoms with Crippen molar-refractivity contribution in [1.29, 1.82) is 0 Å². The summed E-state index contributed by atoms with van der Waals surface area (Å²) in [5, 5.41) is 2.26. The lowest BCUT2D eigenvalue weighted by Crippen LogP contribution is -2.23. The summed E-state index contributed by atoms with van der Waals surface area (Å²) in [5.41, 5.74) is 0.452. The van der Waals surface area contributed by atoms with Crippen LogP contribution >= 0.6 is 11.3 Å². The lowest BCUT2D eigenvalue weighted by Gasteiger charge is -2.15. The molecule has 0 atom stereocenters. The Balaban J connectivity index is 1.86. The lowest BCUT2D eigenvalue weighted by atomic mass is 9.90. The van der Waals surface area contributed by atoms with Crippen LogP contribution in [0.5, 0.6) is 0 Å². The summed E-state index contributed by atoms with van der Waals surface area (Å²) in [6, 6.07) is 3.04. The van der Waals surface area contributed by atoms with Gasteiger partial charge in [-0.05, 0) is 62.0 Å². The van der Waals surface area contributed by atoms with E-state index in [-0.39, 0.29) is 11.3 Å². The number of fused-ring (bicyclic) bond motifs is 1. The molecule has 2 nitrogen and oxygen atoms in total. The maximum absolute atomic E-state index is 13.8. The van der Waals surface area contributed by atoms with Crippen LogP contribution in [0.3, 0.4) is 0 Å². The Kier molecular flexibility index (Phi) is 6.79. The van der Waals surface area contributed by atoms with E-state index in [1.165, 1.54) is 12.2 Å². The highest BCUT2D eigenvalue weighted by Crippen LogP contribution is 2.46. The van der Waals surface area contributed by atoms with E-state index in [0.717, 1.165) is 47.3 Å². The molecule has 0 saturated heterocycles. The van der Waals surface area contributed by atoms with Crippen molar-refractivity contribution in [1.82, 2.24) is 5.32 Å². The Morgan fingerprint density at radius 1 is 1.10 bits per heavy atom. The summed E-state index contributed by atoms with van der Waals surface area (Å²) in [6.07, 6.45) is 2.71. The number of allylic oxidation sites excluding steroid dienone is 4. The highest BCUT2D eigenvalue weighted by atomic mass is 32.1. The van der Waals surface area contributed by atoms with Crippen LogP contribution in [0.25, 0.3) is 5.57 Å². The number of hydrogen-bond donors (Lipinski definition) is 1. The minimum Gasteiger partial charge on any atom is -0.322 e. The van der Waals surface area contributed by atoms with Crippen molar-refractivity contribution in [3.63, 3.8) is 0 Å². The first kappa shape index (κ1) is 22.9. The number of carbonyl (C=O) groups is 1. The number of benzene rings is 1. The first-order valence-corrected chi connectivity index (χ1v) is 10.5. The summed E-state index contributed by atoms with van der Waals surface area (Å²) in [7, 11) is 0. The summed E-state index contributed by atoms with van der Waals surface area (Å²) in [6.45, 7) is 5.24. The number of hydrogen-bond acceptors (Lipinski definition) is 2. The third kappa shape index (κ3) is 4.95. The fourth-order valence-electron chi connectivity index (χ4n) is 3.55. The topological polar surface area (TPSA) is 29.1 Å². The number of rotatable bonds is 5. The van der Waals surface area contributed by atoms with Gasteiger partial charge in [-0.3, -0.25) is 4.79 Å². The fraction of sp³-hybridized carbons (Fsp3) is 0.261. The standard InChI is InChI=1S/C23H20F5NOS/c1-3-14(19-15-7-4-5-10-18(15)31-21(19)23(26,27)28)12-11-13(2)29-22(30)20-16(24)8-6-9-17(20)25/h3,6,8-9,11-12H,2,4-5,7,10H2,1H3,(H,29,30)/b12-11-,14-3+. The first-order chi connectivity index (χ1) is 14.6. The molecular weight excluding hydrogens is 433 g/mol. The van der Waals surface area contributed by atoms with Crippen molar-refractivity contribution < 1.29 is 26.7 Å². The number of aryl methyl sites for hydroxylation is 1. The predicted octanol–water partition coefficient (Wildman–Crippen LogP) is 6.83. The van der Waals surface area contributed by atoms with Gasteiger partial charge < -0.3 is 5.32 Å². The van der Waals surface area contributed by atoms with Gasteiger partial charge in [0.05, 0.1) is 0 Å². The van der Waals surface area contributed by atoms with Crippen LogP contribution in [0.15, 0.2) is 48.7 Å². The van der Waals surface area contributed by atoms with Gasteiger partial charge in [-0.1, -0.05) is 24.8 Å². The molecule has 1 aromatic heterocycles. The van der Waals surface area contributed by atoms with E-state index in [4.69, 9.17) is 0 Å². The molecule has 1 heterocycles. The van der Waals surface area contributed by atoms with Crippen LogP contribution in [0.2, 0.25) is 0 Å². The average Bonchev–Trinajstić information content (AvgIpc) is 3.08. The van der Waals surface area contributed by atoms with E-state index in [1.54, 1.807) is 13.0 Å². The van der Waals surface area contributed by atoms with E-state index in [9.17, 15) is 26.7 Å². The first-order valence-electron chi connectivity index (χ1n) is 9.64. The Labute approximate surface area is 180 Å². The van der Waals surface area contributed by atoms with Crippen molar-refractivity contribution in [2.45, 2.75) is 38.8 Å². The van der Waals surface area contributed by atoms with Gasteiger partial charge in [0, 0.05) is 16.1 Å². The molecule has 8 heteroatoms. The van der Waals surface area contributed by atoms with Gasteiger partial charge in [0.25, 0.3) is 5.91 Å². The van der Waals surface area contributed by atoms with E-state index >= 15 is 0 Å². The molecule has 1 amide bonds. The lowest BCUT2D eigenvalue weighted by molar-refractivity contribution is -0.134. The van der Waals surface area contributed by atoms with Gasteiger partial charge in [0.1, 0.15) is 22.1 Å². The smallest absolute Gasteiger partial charge is 0.322 e. The summed E-state index contributed by atoms with van der Waals surface area (Å²) in [4.78, 5) is 12.3. The van der Waals surface area contributed by atoms with Crippen molar-refractivity contribution >= 4 is 22.8 Å². The molecule has 0 aliphatic heterocycles. The molecule has 3 rings (SSSR count). The molecule has 164 valence electrons. The van der Waals surface area contributed by atoms with Crippen LogP contribution < -0.4 is 5.32 Å². The third-order valence-electron chi connectivity index (χ3n) is 4.96. The van der Waals surface area contributed by atoms with Crippen LogP contribution in [-0.4, -0.2) is 5.91 Å². The van der Waals surface area contributed by atoms with Gasteiger partial charge >= 0.3 is 6.18 Å².